The van der Waals surface area contributed by atoms with Crippen LogP contribution in [0.3, 0.4) is 0 Å². The van der Waals surface area contributed by atoms with Crippen molar-refractivity contribution in [3.05, 3.63) is 108 Å². The predicted octanol–water partition coefficient (Wildman–Crippen LogP) is 6.25. The highest BCUT2D eigenvalue weighted by Crippen LogP contribution is 2.48. The molecule has 0 saturated carbocycles. The summed E-state index contributed by atoms with van der Waals surface area (Å²) < 4.78 is 10.9. The third-order valence-corrected chi connectivity index (χ3v) is 15.4. The Morgan fingerprint density at radius 3 is 1.58 bits per heavy atom. The molecule has 260 valence electrons. The molecule has 0 aliphatic carbocycles. The molecule has 10 heteroatoms. The van der Waals surface area contributed by atoms with Gasteiger partial charge in [0.05, 0.1) is 24.0 Å². The van der Waals surface area contributed by atoms with Crippen LogP contribution < -0.4 is 16.4 Å². The molecule has 0 aliphatic heterocycles. The molecular weight excluding hydrogens is 639 g/mol. The number of benzene rings is 3. The van der Waals surface area contributed by atoms with Gasteiger partial charge in [0, 0.05) is 5.75 Å². The minimum Gasteiger partial charge on any atom is -0.467 e. The molecule has 0 aromatic heterocycles. The lowest BCUT2D eigenvalue weighted by atomic mass is 9.84. The van der Waals surface area contributed by atoms with Crippen LogP contribution in [0.25, 0.3) is 0 Å². The van der Waals surface area contributed by atoms with Gasteiger partial charge < -0.3 is 25.5 Å². The van der Waals surface area contributed by atoms with Crippen LogP contribution in [0.15, 0.2) is 91.0 Å². The summed E-state index contributed by atoms with van der Waals surface area (Å²) in [5.74, 6) is -1.60. The number of ether oxygens (including phenoxy) is 1. The maximum Gasteiger partial charge on any atom is 0.331 e. The number of rotatable bonds is 15. The molecule has 3 aromatic carbocycles. The maximum atomic E-state index is 14.3. The Hall–Kier alpha value is -3.44. The van der Waals surface area contributed by atoms with Crippen LogP contribution >= 0.6 is 11.8 Å². The van der Waals surface area contributed by atoms with Gasteiger partial charge in [-0.05, 0) is 47.7 Å². The standard InChI is InChI=1S/C38H53N3O5SSi/c1-26(2)32(39)35(43)40-31(34(42)41-33(36(44)45-7)27(3)46-48(8,9)37(4,5)6)25-47-38(28-19-13-10-14-20-28,29-21-15-11-16-22-29)30-23-17-12-18-24-30/h10-24,26-27,31-33H,25,39H2,1-9H3,(H,40,43)(H,41,42)/t27-,31-,32-,33+/m1/s1. The predicted molar refractivity (Wildman–Crippen MR) is 198 cm³/mol. The van der Waals surface area contributed by atoms with Crippen molar-refractivity contribution in [1.29, 1.82) is 0 Å². The topological polar surface area (TPSA) is 120 Å². The Balaban J connectivity index is 2.08. The van der Waals surface area contributed by atoms with E-state index < -0.39 is 55.1 Å². The van der Waals surface area contributed by atoms with E-state index >= 15 is 0 Å². The Bertz CT molecular complexity index is 1390. The van der Waals surface area contributed by atoms with E-state index in [1.54, 1.807) is 6.92 Å². The molecule has 0 spiro atoms. The van der Waals surface area contributed by atoms with E-state index in [9.17, 15) is 14.4 Å². The van der Waals surface area contributed by atoms with Gasteiger partial charge in [0.25, 0.3) is 0 Å². The molecule has 2 amide bonds. The number of carbonyl (C=O) groups excluding carboxylic acids is 3. The fourth-order valence-electron chi connectivity index (χ4n) is 5.19. The summed E-state index contributed by atoms with van der Waals surface area (Å²) in [6, 6.07) is 27.3. The van der Waals surface area contributed by atoms with Crippen LogP contribution in [0, 0.1) is 5.92 Å². The zero-order chi connectivity index (χ0) is 35.7. The molecule has 0 fully saturated rings. The number of methoxy groups -OCH3 is 1. The van der Waals surface area contributed by atoms with Crippen molar-refractivity contribution in [2.75, 3.05) is 12.9 Å². The molecule has 0 aliphatic rings. The van der Waals surface area contributed by atoms with Crippen LogP contribution in [-0.4, -0.2) is 63.2 Å². The molecular formula is C38H53N3O5SSi. The molecule has 4 N–H and O–H groups in total. The lowest BCUT2D eigenvalue weighted by Crippen LogP contribution is -2.59. The molecule has 8 nitrogen and oxygen atoms in total. The molecule has 3 aromatic rings. The van der Waals surface area contributed by atoms with Crippen molar-refractivity contribution < 1.29 is 23.5 Å². The van der Waals surface area contributed by atoms with Gasteiger partial charge in [-0.2, -0.15) is 0 Å². The smallest absolute Gasteiger partial charge is 0.331 e. The highest BCUT2D eigenvalue weighted by Gasteiger charge is 2.43. The van der Waals surface area contributed by atoms with E-state index in [0.717, 1.165) is 16.7 Å². The minimum atomic E-state index is -2.32. The summed E-state index contributed by atoms with van der Waals surface area (Å²) >= 11 is 1.53. The van der Waals surface area contributed by atoms with Gasteiger partial charge >= 0.3 is 5.97 Å². The van der Waals surface area contributed by atoms with E-state index in [1.807, 2.05) is 68.4 Å². The van der Waals surface area contributed by atoms with E-state index in [4.69, 9.17) is 14.9 Å². The zero-order valence-corrected chi connectivity index (χ0v) is 31.6. The first kappa shape index (κ1) is 39.0. The normalized spacial score (nSPS) is 14.8. The van der Waals surface area contributed by atoms with E-state index in [0.29, 0.717) is 0 Å². The number of amides is 2. The summed E-state index contributed by atoms with van der Waals surface area (Å²) in [4.78, 5) is 40.8. The summed E-state index contributed by atoms with van der Waals surface area (Å²) in [5, 5.41) is 5.68. The van der Waals surface area contributed by atoms with Crippen LogP contribution in [-0.2, 0) is 28.3 Å². The largest absolute Gasteiger partial charge is 0.467 e. The lowest BCUT2D eigenvalue weighted by Gasteiger charge is -2.40. The quantitative estimate of drug-likeness (QED) is 0.0980. The van der Waals surface area contributed by atoms with Gasteiger partial charge in [-0.25, -0.2) is 4.79 Å². The zero-order valence-electron chi connectivity index (χ0n) is 29.8. The monoisotopic (exact) mass is 691 g/mol. The van der Waals surface area contributed by atoms with E-state index in [1.165, 1.54) is 18.9 Å². The molecule has 3 rings (SSSR count). The van der Waals surface area contributed by atoms with Crippen LogP contribution in [0.5, 0.6) is 0 Å². The van der Waals surface area contributed by atoms with Crippen molar-refractivity contribution in [2.24, 2.45) is 11.7 Å². The van der Waals surface area contributed by atoms with Crippen LogP contribution in [0.4, 0.5) is 0 Å². The third kappa shape index (κ3) is 9.37. The second-order valence-corrected chi connectivity index (χ2v) is 20.0. The van der Waals surface area contributed by atoms with Gasteiger partial charge in [-0.3, -0.25) is 9.59 Å². The van der Waals surface area contributed by atoms with Gasteiger partial charge in [0.2, 0.25) is 11.8 Å². The molecule has 48 heavy (non-hydrogen) atoms. The number of thioether (sulfide) groups is 1. The van der Waals surface area contributed by atoms with E-state index in [2.05, 4.69) is 80.9 Å². The number of esters is 1. The van der Waals surface area contributed by atoms with Crippen molar-refractivity contribution in [3.63, 3.8) is 0 Å². The number of nitrogens with two attached hydrogens (primary N) is 1. The number of carbonyl (C=O) groups is 3. The number of hydrogen-bond acceptors (Lipinski definition) is 7. The maximum absolute atomic E-state index is 14.3. The van der Waals surface area contributed by atoms with Crippen molar-refractivity contribution in [1.82, 2.24) is 10.6 Å². The Labute approximate surface area is 292 Å². The van der Waals surface area contributed by atoms with Gasteiger partial charge in [0.1, 0.15) is 6.04 Å². The third-order valence-electron chi connectivity index (χ3n) is 9.17. The van der Waals surface area contributed by atoms with Crippen molar-refractivity contribution in [3.8, 4) is 0 Å². The highest BCUT2D eigenvalue weighted by atomic mass is 32.2. The fourth-order valence-corrected chi connectivity index (χ4v) is 8.17. The van der Waals surface area contributed by atoms with Crippen LogP contribution in [0.2, 0.25) is 18.1 Å². The first-order valence-electron chi connectivity index (χ1n) is 16.5. The molecule has 0 radical (unpaired) electrons. The summed E-state index contributed by atoms with van der Waals surface area (Å²) in [6.45, 7) is 16.0. The molecule has 4 atom stereocenters. The van der Waals surface area contributed by atoms with E-state index in [-0.39, 0.29) is 16.7 Å². The van der Waals surface area contributed by atoms with Gasteiger partial charge in [0.15, 0.2) is 14.4 Å². The Kier molecular flexibility index (Phi) is 13.6. The first-order valence-corrected chi connectivity index (χ1v) is 20.4. The highest BCUT2D eigenvalue weighted by molar-refractivity contribution is 8.00. The average Bonchev–Trinajstić information content (AvgIpc) is 3.06. The number of hydrogen-bond donors (Lipinski definition) is 3. The summed E-state index contributed by atoms with van der Waals surface area (Å²) in [5.41, 5.74) is 9.30. The van der Waals surface area contributed by atoms with Gasteiger partial charge in [-0.1, -0.05) is 126 Å². The van der Waals surface area contributed by atoms with Crippen LogP contribution in [0.1, 0.15) is 58.2 Å². The second-order valence-electron chi connectivity index (χ2n) is 14.0. The first-order chi connectivity index (χ1) is 22.5. The molecule has 0 saturated heterocycles. The number of nitrogens with one attached hydrogen (secondary N) is 2. The molecule has 0 unspecified atom stereocenters. The molecule has 0 heterocycles. The van der Waals surface area contributed by atoms with Crippen molar-refractivity contribution >= 4 is 37.9 Å². The second kappa shape index (κ2) is 16.8. The lowest BCUT2D eigenvalue weighted by molar-refractivity contribution is -0.148. The summed E-state index contributed by atoms with van der Waals surface area (Å²) in [6.07, 6.45) is -0.679. The summed E-state index contributed by atoms with van der Waals surface area (Å²) in [7, 11) is -1.04. The SMILES string of the molecule is COC(=O)[C@@H](NC(=O)[C@@H](CSC(c1ccccc1)(c1ccccc1)c1ccccc1)NC(=O)[C@H](N)C(C)C)[C@@H](C)O[Si](C)(C)C(C)(C)C. The van der Waals surface area contributed by atoms with Crippen molar-refractivity contribution in [2.45, 2.75) is 88.7 Å². The Morgan fingerprint density at radius 1 is 0.771 bits per heavy atom. The Morgan fingerprint density at radius 2 is 1.21 bits per heavy atom. The van der Waals surface area contributed by atoms with Gasteiger partial charge in [-0.15, -0.1) is 11.8 Å². The average molecular weight is 692 g/mol. The fraction of sp³-hybridized carbons (Fsp3) is 0.447. The minimum absolute atomic E-state index is 0.123. The molecule has 0 bridgehead atoms.